The molecule has 0 aliphatic heterocycles. The van der Waals surface area contributed by atoms with Crippen LogP contribution in [0.3, 0.4) is 0 Å². The van der Waals surface area contributed by atoms with Gasteiger partial charge in [0, 0.05) is 12.7 Å². The van der Waals surface area contributed by atoms with Crippen molar-refractivity contribution in [2.75, 3.05) is 5.32 Å². The molecule has 1 fully saturated rings. The molecule has 2 aromatic heterocycles. The van der Waals surface area contributed by atoms with Crippen molar-refractivity contribution < 1.29 is 4.79 Å². The van der Waals surface area contributed by atoms with E-state index in [1.54, 1.807) is 36.7 Å². The molecule has 0 unspecified atom stereocenters. The average molecular weight is 380 g/mol. The maximum atomic E-state index is 12.4. The molecule has 2 heterocycles. The highest BCUT2D eigenvalue weighted by atomic mass is 16.2. The number of H-pyrrole nitrogens is 1. The molecule has 0 spiro atoms. The first-order chi connectivity index (χ1) is 13.7. The predicted molar refractivity (Wildman–Crippen MR) is 109 cm³/mol. The number of nitrogens with one attached hydrogen (secondary N) is 2. The van der Waals surface area contributed by atoms with Crippen LogP contribution in [0.2, 0.25) is 0 Å². The van der Waals surface area contributed by atoms with E-state index in [1.165, 1.54) is 23.8 Å². The highest BCUT2D eigenvalue weighted by Crippen LogP contribution is 2.24. The third-order valence-electron chi connectivity index (χ3n) is 4.94. The van der Waals surface area contributed by atoms with Crippen molar-refractivity contribution in [2.24, 2.45) is 5.92 Å². The number of fused-ring (bicyclic) bond motifs is 1. The number of para-hydroxylation sites is 1. The smallest absolute Gasteiger partial charge is 0.327 e. The van der Waals surface area contributed by atoms with E-state index < -0.39 is 0 Å². The second-order valence-corrected chi connectivity index (χ2v) is 6.90. The molecule has 4 rings (SSSR count). The first kappa shape index (κ1) is 19.5. The second kappa shape index (κ2) is 9.64. The number of aromatic nitrogens is 3. The Hall–Kier alpha value is -3.22. The van der Waals surface area contributed by atoms with Crippen LogP contribution in [0.1, 0.15) is 32.1 Å². The molecule has 7 heteroatoms. The van der Waals surface area contributed by atoms with Gasteiger partial charge in [-0.2, -0.15) is 0 Å². The van der Waals surface area contributed by atoms with E-state index in [4.69, 9.17) is 0 Å². The maximum absolute atomic E-state index is 12.4. The first-order valence-corrected chi connectivity index (χ1v) is 9.51. The maximum Gasteiger partial charge on any atom is 0.328 e. The summed E-state index contributed by atoms with van der Waals surface area (Å²) in [7, 11) is 0. The van der Waals surface area contributed by atoms with Crippen LogP contribution in [0.25, 0.3) is 10.9 Å². The number of amides is 1. The summed E-state index contributed by atoms with van der Waals surface area (Å²) < 4.78 is 1.37. The number of anilines is 1. The molecular weight excluding hydrogens is 356 g/mol. The number of pyridine rings is 1. The van der Waals surface area contributed by atoms with Gasteiger partial charge in [-0.25, -0.2) is 4.79 Å². The normalized spacial score (nSPS) is 14.1. The van der Waals surface area contributed by atoms with Gasteiger partial charge in [-0.15, -0.1) is 0 Å². The van der Waals surface area contributed by atoms with Gasteiger partial charge in [-0.3, -0.25) is 19.1 Å². The highest BCUT2D eigenvalue weighted by Gasteiger charge is 2.16. The van der Waals surface area contributed by atoms with Crippen molar-refractivity contribution >= 4 is 23.0 Å². The molecular formula is C21H24N4O3. The molecule has 3 aromatic rings. The van der Waals surface area contributed by atoms with E-state index in [0.717, 1.165) is 12.8 Å². The fourth-order valence-electron chi connectivity index (χ4n) is 3.51. The van der Waals surface area contributed by atoms with Gasteiger partial charge < -0.3 is 10.3 Å². The summed E-state index contributed by atoms with van der Waals surface area (Å²) in [5.41, 5.74) is 0.893. The zero-order chi connectivity index (χ0) is 19.8. The summed E-state index contributed by atoms with van der Waals surface area (Å²) in [6.45, 7) is 0.555. The van der Waals surface area contributed by atoms with E-state index in [1.807, 2.05) is 12.1 Å². The molecule has 1 saturated carbocycles. The summed E-state index contributed by atoms with van der Waals surface area (Å²) in [6, 6.07) is 10.7. The van der Waals surface area contributed by atoms with Crippen LogP contribution in [-0.2, 0) is 11.3 Å². The van der Waals surface area contributed by atoms with Gasteiger partial charge in [0.05, 0.1) is 22.8 Å². The Balaban J connectivity index is 0.000000211. The van der Waals surface area contributed by atoms with Gasteiger partial charge in [-0.1, -0.05) is 31.4 Å². The lowest BCUT2D eigenvalue weighted by Gasteiger charge is -2.21. The number of carbonyl (C=O) groups excluding carboxylic acids is 1. The largest absolute Gasteiger partial charge is 0.328 e. The van der Waals surface area contributed by atoms with Gasteiger partial charge in [-0.05, 0) is 43.0 Å². The monoisotopic (exact) mass is 380 g/mol. The van der Waals surface area contributed by atoms with E-state index in [2.05, 4.69) is 15.3 Å². The summed E-state index contributed by atoms with van der Waals surface area (Å²) in [4.78, 5) is 40.8. The van der Waals surface area contributed by atoms with Crippen LogP contribution >= 0.6 is 0 Å². The fraction of sp³-hybridized carbons (Fsp3) is 0.333. The molecule has 1 amide bonds. The van der Waals surface area contributed by atoms with E-state index in [-0.39, 0.29) is 11.2 Å². The van der Waals surface area contributed by atoms with Gasteiger partial charge >= 0.3 is 5.69 Å². The minimum absolute atomic E-state index is 0.162. The average Bonchev–Trinajstić information content (AvgIpc) is 2.73. The molecule has 0 radical (unpaired) electrons. The molecule has 1 aromatic carbocycles. The van der Waals surface area contributed by atoms with Gasteiger partial charge in [0.25, 0.3) is 5.56 Å². The van der Waals surface area contributed by atoms with Crippen molar-refractivity contribution in [2.45, 2.75) is 38.6 Å². The molecule has 1 aliphatic carbocycles. The Morgan fingerprint density at radius 3 is 2.61 bits per heavy atom. The summed E-state index contributed by atoms with van der Waals surface area (Å²) in [6.07, 6.45) is 9.80. The molecule has 0 atom stereocenters. The Kier molecular flexibility index (Phi) is 6.73. The Bertz CT molecular complexity index is 1020. The Morgan fingerprint density at radius 1 is 1.11 bits per heavy atom. The number of hydrogen-bond acceptors (Lipinski definition) is 4. The molecule has 28 heavy (non-hydrogen) atoms. The van der Waals surface area contributed by atoms with Crippen LogP contribution in [0.5, 0.6) is 0 Å². The SMILES string of the molecule is O=CNc1cccnc1.O=c1[nH]c2ccccc2c(=O)n1CC1CCCCC1. The van der Waals surface area contributed by atoms with Crippen LogP contribution < -0.4 is 16.6 Å². The van der Waals surface area contributed by atoms with E-state index in [9.17, 15) is 14.4 Å². The minimum Gasteiger partial charge on any atom is -0.327 e. The fourth-order valence-corrected chi connectivity index (χ4v) is 3.51. The van der Waals surface area contributed by atoms with Crippen molar-refractivity contribution in [1.82, 2.24) is 14.5 Å². The van der Waals surface area contributed by atoms with Crippen LogP contribution in [0.15, 0.2) is 58.4 Å². The second-order valence-electron chi connectivity index (χ2n) is 6.90. The third-order valence-corrected chi connectivity index (χ3v) is 4.94. The number of hydrogen-bond donors (Lipinski definition) is 2. The quantitative estimate of drug-likeness (QED) is 0.680. The first-order valence-electron chi connectivity index (χ1n) is 9.51. The Morgan fingerprint density at radius 2 is 1.89 bits per heavy atom. The van der Waals surface area contributed by atoms with E-state index in [0.29, 0.717) is 35.5 Å². The summed E-state index contributed by atoms with van der Waals surface area (Å²) in [5, 5.41) is 3.06. The summed E-state index contributed by atoms with van der Waals surface area (Å²) in [5.74, 6) is 0.466. The van der Waals surface area contributed by atoms with Crippen molar-refractivity contribution in [3.05, 3.63) is 69.6 Å². The number of aromatic amines is 1. The molecule has 0 bridgehead atoms. The van der Waals surface area contributed by atoms with Crippen LogP contribution in [0.4, 0.5) is 5.69 Å². The molecule has 146 valence electrons. The Labute approximate surface area is 162 Å². The molecule has 0 saturated heterocycles. The lowest BCUT2D eigenvalue weighted by atomic mass is 9.89. The van der Waals surface area contributed by atoms with Crippen molar-refractivity contribution in [3.63, 3.8) is 0 Å². The zero-order valence-electron chi connectivity index (χ0n) is 15.6. The standard InChI is InChI=1S/C15H18N2O2.C6H6N2O/c18-14-12-8-4-5-9-13(12)16-15(19)17(14)10-11-6-2-1-3-7-11;9-5-8-6-2-1-3-7-4-6/h4-5,8-9,11H,1-3,6-7,10H2,(H,16,19);1-5H,(H,8,9). The summed E-state index contributed by atoms with van der Waals surface area (Å²) >= 11 is 0. The van der Waals surface area contributed by atoms with Crippen molar-refractivity contribution in [3.8, 4) is 0 Å². The van der Waals surface area contributed by atoms with Gasteiger partial charge in [0.2, 0.25) is 6.41 Å². The number of rotatable bonds is 4. The van der Waals surface area contributed by atoms with E-state index >= 15 is 0 Å². The van der Waals surface area contributed by atoms with Crippen molar-refractivity contribution in [1.29, 1.82) is 0 Å². The minimum atomic E-state index is -0.283. The lowest BCUT2D eigenvalue weighted by molar-refractivity contribution is -0.105. The number of benzene rings is 1. The number of carbonyl (C=O) groups is 1. The topological polar surface area (TPSA) is 96.8 Å². The van der Waals surface area contributed by atoms with Crippen LogP contribution in [0, 0.1) is 5.92 Å². The molecule has 1 aliphatic rings. The predicted octanol–water partition coefficient (Wildman–Crippen LogP) is 2.92. The van der Waals surface area contributed by atoms with Gasteiger partial charge in [0.1, 0.15) is 0 Å². The van der Waals surface area contributed by atoms with Crippen LogP contribution in [-0.4, -0.2) is 20.9 Å². The molecule has 2 N–H and O–H groups in total. The third kappa shape index (κ3) is 4.94. The highest BCUT2D eigenvalue weighted by molar-refractivity contribution is 5.76. The number of nitrogens with zero attached hydrogens (tertiary/aromatic N) is 2. The molecule has 7 nitrogen and oxygen atoms in total. The lowest BCUT2D eigenvalue weighted by Crippen LogP contribution is -2.37. The van der Waals surface area contributed by atoms with Gasteiger partial charge in [0.15, 0.2) is 0 Å². The zero-order valence-corrected chi connectivity index (χ0v) is 15.6.